The zero-order valence-corrected chi connectivity index (χ0v) is 20.2. The molecule has 0 saturated carbocycles. The van der Waals surface area contributed by atoms with Gasteiger partial charge in [0.1, 0.15) is 22.3 Å². The van der Waals surface area contributed by atoms with Gasteiger partial charge in [-0.25, -0.2) is 0 Å². The van der Waals surface area contributed by atoms with Crippen LogP contribution in [-0.2, 0) is 9.31 Å². The number of furan rings is 2. The summed E-state index contributed by atoms with van der Waals surface area (Å²) in [6.07, 6.45) is 0. The Bertz CT molecular complexity index is 1760. The fourth-order valence-electron chi connectivity index (χ4n) is 5.11. The van der Waals surface area contributed by atoms with Crippen LogP contribution in [0.3, 0.4) is 0 Å². The first-order valence-electron chi connectivity index (χ1n) is 12.0. The lowest BCUT2D eigenvalue weighted by Gasteiger charge is -2.32. The highest BCUT2D eigenvalue weighted by atomic mass is 16.7. The molecule has 3 heterocycles. The smallest absolute Gasteiger partial charge is 0.456 e. The zero-order valence-electron chi connectivity index (χ0n) is 20.2. The molecular formula is C30H25BO4. The van der Waals surface area contributed by atoms with E-state index in [1.165, 1.54) is 0 Å². The van der Waals surface area contributed by atoms with Crippen LogP contribution in [0, 0.1) is 0 Å². The number of hydrogen-bond acceptors (Lipinski definition) is 4. The van der Waals surface area contributed by atoms with Crippen molar-refractivity contribution in [3.8, 4) is 11.1 Å². The van der Waals surface area contributed by atoms with Crippen LogP contribution in [0.4, 0.5) is 0 Å². The highest BCUT2D eigenvalue weighted by Gasteiger charge is 2.52. The molecule has 172 valence electrons. The van der Waals surface area contributed by atoms with Crippen LogP contribution in [0.1, 0.15) is 27.7 Å². The summed E-state index contributed by atoms with van der Waals surface area (Å²) < 4.78 is 25.5. The summed E-state index contributed by atoms with van der Waals surface area (Å²) in [6, 6.07) is 26.9. The molecule has 1 saturated heterocycles. The van der Waals surface area contributed by atoms with E-state index in [0.29, 0.717) is 0 Å². The maximum absolute atomic E-state index is 6.50. The normalized spacial score (nSPS) is 17.3. The Balaban J connectivity index is 1.46. The molecule has 0 N–H and O–H groups in total. The molecule has 7 rings (SSSR count). The fraction of sp³-hybridized carbons (Fsp3) is 0.200. The summed E-state index contributed by atoms with van der Waals surface area (Å²) in [5.74, 6) is 0. The van der Waals surface area contributed by atoms with Gasteiger partial charge in [-0.3, -0.25) is 0 Å². The van der Waals surface area contributed by atoms with Crippen molar-refractivity contribution in [2.45, 2.75) is 38.9 Å². The SMILES string of the molecule is CC1(C)OB(c2cc(-c3ccc4c(c3)oc3ccccc34)cc3oc4ccccc4c23)OC1(C)C. The Morgan fingerprint density at radius 1 is 0.543 bits per heavy atom. The number of fused-ring (bicyclic) bond motifs is 6. The summed E-state index contributed by atoms with van der Waals surface area (Å²) in [7, 11) is -0.501. The molecule has 0 amide bonds. The monoisotopic (exact) mass is 460 g/mol. The van der Waals surface area contributed by atoms with Crippen molar-refractivity contribution in [3.63, 3.8) is 0 Å². The number of benzene rings is 4. The number of hydrogen-bond donors (Lipinski definition) is 0. The average Bonchev–Trinajstić information content (AvgIpc) is 3.46. The van der Waals surface area contributed by atoms with Gasteiger partial charge in [0.25, 0.3) is 0 Å². The van der Waals surface area contributed by atoms with Crippen molar-refractivity contribution in [1.29, 1.82) is 0 Å². The zero-order chi connectivity index (χ0) is 23.9. The minimum atomic E-state index is -0.501. The van der Waals surface area contributed by atoms with E-state index in [9.17, 15) is 0 Å². The molecule has 1 aliphatic heterocycles. The Labute approximate surface area is 203 Å². The van der Waals surface area contributed by atoms with Gasteiger partial charge in [0, 0.05) is 21.5 Å². The second-order valence-corrected chi connectivity index (χ2v) is 10.4. The third-order valence-corrected chi connectivity index (χ3v) is 7.73. The van der Waals surface area contributed by atoms with E-state index in [1.807, 2.05) is 36.4 Å². The van der Waals surface area contributed by atoms with E-state index in [2.05, 4.69) is 70.2 Å². The fourth-order valence-corrected chi connectivity index (χ4v) is 5.11. The van der Waals surface area contributed by atoms with Crippen LogP contribution in [0.15, 0.2) is 87.7 Å². The van der Waals surface area contributed by atoms with Gasteiger partial charge < -0.3 is 18.1 Å². The van der Waals surface area contributed by atoms with Crippen molar-refractivity contribution in [2.75, 3.05) is 0 Å². The third-order valence-electron chi connectivity index (χ3n) is 7.73. The predicted molar refractivity (Wildman–Crippen MR) is 142 cm³/mol. The predicted octanol–water partition coefficient (Wildman–Crippen LogP) is 7.45. The van der Waals surface area contributed by atoms with E-state index in [1.54, 1.807) is 0 Å². The van der Waals surface area contributed by atoms with Crippen LogP contribution in [0.5, 0.6) is 0 Å². The third kappa shape index (κ3) is 3.02. The summed E-state index contributed by atoms with van der Waals surface area (Å²) in [4.78, 5) is 0. The molecule has 0 spiro atoms. The van der Waals surface area contributed by atoms with Gasteiger partial charge in [0.2, 0.25) is 0 Å². The summed E-state index contributed by atoms with van der Waals surface area (Å²) in [6.45, 7) is 8.32. The Morgan fingerprint density at radius 2 is 1.11 bits per heavy atom. The van der Waals surface area contributed by atoms with E-state index >= 15 is 0 Å². The van der Waals surface area contributed by atoms with Crippen molar-refractivity contribution in [1.82, 2.24) is 0 Å². The average molecular weight is 460 g/mol. The summed E-state index contributed by atoms with van der Waals surface area (Å²) >= 11 is 0. The number of rotatable bonds is 2. The van der Waals surface area contributed by atoms with Gasteiger partial charge in [0.05, 0.1) is 11.2 Å². The molecule has 0 atom stereocenters. The maximum Gasteiger partial charge on any atom is 0.495 e. The van der Waals surface area contributed by atoms with E-state index in [-0.39, 0.29) is 0 Å². The highest BCUT2D eigenvalue weighted by Crippen LogP contribution is 2.39. The van der Waals surface area contributed by atoms with Crippen LogP contribution >= 0.6 is 0 Å². The van der Waals surface area contributed by atoms with Crippen molar-refractivity contribution in [2.24, 2.45) is 0 Å². The minimum Gasteiger partial charge on any atom is -0.456 e. The molecular weight excluding hydrogens is 435 g/mol. The minimum absolute atomic E-state index is 0.438. The lowest BCUT2D eigenvalue weighted by atomic mass is 9.75. The highest BCUT2D eigenvalue weighted by molar-refractivity contribution is 6.66. The second-order valence-electron chi connectivity index (χ2n) is 10.4. The van der Waals surface area contributed by atoms with Crippen LogP contribution in [0.2, 0.25) is 0 Å². The van der Waals surface area contributed by atoms with Gasteiger partial charge in [-0.1, -0.05) is 48.5 Å². The molecule has 0 unspecified atom stereocenters. The Morgan fingerprint density at radius 3 is 1.86 bits per heavy atom. The summed E-state index contributed by atoms with van der Waals surface area (Å²) in [5.41, 5.74) is 5.62. The van der Waals surface area contributed by atoms with Crippen LogP contribution in [-0.4, -0.2) is 18.3 Å². The van der Waals surface area contributed by atoms with E-state index < -0.39 is 18.3 Å². The molecule has 0 aliphatic carbocycles. The molecule has 0 radical (unpaired) electrons. The Hall–Kier alpha value is -3.54. The molecule has 2 aromatic heterocycles. The summed E-state index contributed by atoms with van der Waals surface area (Å²) in [5, 5.41) is 4.33. The van der Waals surface area contributed by atoms with Gasteiger partial charge in [-0.05, 0) is 74.6 Å². The maximum atomic E-state index is 6.50. The topological polar surface area (TPSA) is 44.7 Å². The molecule has 4 nitrogen and oxygen atoms in total. The largest absolute Gasteiger partial charge is 0.495 e. The lowest BCUT2D eigenvalue weighted by Crippen LogP contribution is -2.41. The first-order chi connectivity index (χ1) is 16.8. The van der Waals surface area contributed by atoms with Crippen molar-refractivity contribution < 1.29 is 18.1 Å². The van der Waals surface area contributed by atoms with Crippen LogP contribution < -0.4 is 5.46 Å². The van der Waals surface area contributed by atoms with E-state index in [0.717, 1.165) is 60.5 Å². The van der Waals surface area contributed by atoms with Crippen molar-refractivity contribution in [3.05, 3.63) is 78.9 Å². The lowest BCUT2D eigenvalue weighted by molar-refractivity contribution is 0.00578. The van der Waals surface area contributed by atoms with Crippen LogP contribution in [0.25, 0.3) is 55.0 Å². The molecule has 5 heteroatoms. The molecule has 4 aromatic carbocycles. The molecule has 1 aliphatic rings. The van der Waals surface area contributed by atoms with Gasteiger partial charge in [0.15, 0.2) is 0 Å². The number of para-hydroxylation sites is 2. The molecule has 1 fully saturated rings. The van der Waals surface area contributed by atoms with Gasteiger partial charge >= 0.3 is 7.12 Å². The molecule has 35 heavy (non-hydrogen) atoms. The quantitative estimate of drug-likeness (QED) is 0.252. The van der Waals surface area contributed by atoms with Gasteiger partial charge in [-0.2, -0.15) is 0 Å². The first-order valence-corrected chi connectivity index (χ1v) is 12.0. The molecule has 0 bridgehead atoms. The molecule has 6 aromatic rings. The van der Waals surface area contributed by atoms with E-state index in [4.69, 9.17) is 18.1 Å². The van der Waals surface area contributed by atoms with Gasteiger partial charge in [-0.15, -0.1) is 0 Å². The Kier molecular flexibility index (Phi) is 4.16. The second kappa shape index (κ2) is 7.00. The standard InChI is InChI=1S/C30H25BO4/c1-29(2)30(3,4)35-31(34-29)23-15-19(17-27-28(23)22-10-6-8-12-25(22)33-27)18-13-14-21-20-9-5-7-11-24(20)32-26(21)16-18/h5-17H,1-4H3. The first kappa shape index (κ1) is 20.8. The van der Waals surface area contributed by atoms with Crippen molar-refractivity contribution >= 4 is 56.5 Å².